The van der Waals surface area contributed by atoms with Gasteiger partial charge < -0.3 is 14.7 Å². The minimum Gasteiger partial charge on any atom is -0.418 e. The van der Waals surface area contributed by atoms with Crippen LogP contribution in [-0.4, -0.2) is 28.2 Å². The molecule has 0 aliphatic heterocycles. The summed E-state index contributed by atoms with van der Waals surface area (Å²) in [6.45, 7) is 10.0. The Kier molecular flexibility index (Phi) is 6.87. The minimum absolute atomic E-state index is 0.0774. The lowest BCUT2D eigenvalue weighted by Gasteiger charge is -2.40. The van der Waals surface area contributed by atoms with Crippen LogP contribution < -0.4 is 0 Å². The molecule has 0 heterocycles. The van der Waals surface area contributed by atoms with Crippen LogP contribution in [0, 0.1) is 5.41 Å². The molecule has 4 heteroatoms. The second-order valence-electron chi connectivity index (χ2n) is 8.06. The van der Waals surface area contributed by atoms with Crippen molar-refractivity contribution < 1.29 is 14.6 Å². The molecule has 4 nitrogen and oxygen atoms in total. The van der Waals surface area contributed by atoms with E-state index in [4.69, 9.17) is 4.74 Å². The quantitative estimate of drug-likeness (QED) is 0.712. The Hall–Kier alpha value is -1.81. The highest BCUT2D eigenvalue weighted by atomic mass is 16.5. The summed E-state index contributed by atoms with van der Waals surface area (Å²) in [5.41, 5.74) is 1.50. The smallest absolute Gasteiger partial charge is 0.415 e. The third kappa shape index (κ3) is 4.47. The highest BCUT2D eigenvalue weighted by Gasteiger charge is 2.39. The first-order valence-corrected chi connectivity index (χ1v) is 9.69. The Morgan fingerprint density at radius 2 is 1.77 bits per heavy atom. The zero-order valence-corrected chi connectivity index (χ0v) is 16.7. The number of benzene rings is 1. The maximum absolute atomic E-state index is 12.5. The average Bonchev–Trinajstić information content (AvgIpc) is 2.60. The Balaban J connectivity index is 2.22. The van der Waals surface area contributed by atoms with E-state index in [0.717, 1.165) is 36.8 Å². The number of rotatable bonds is 5. The van der Waals surface area contributed by atoms with E-state index in [1.807, 2.05) is 58.0 Å². The zero-order valence-electron chi connectivity index (χ0n) is 16.7. The van der Waals surface area contributed by atoms with Gasteiger partial charge in [-0.1, -0.05) is 43.7 Å². The van der Waals surface area contributed by atoms with Crippen molar-refractivity contribution >= 4 is 6.09 Å². The summed E-state index contributed by atoms with van der Waals surface area (Å²) >= 11 is 0. The van der Waals surface area contributed by atoms with Gasteiger partial charge in [-0.2, -0.15) is 0 Å². The van der Waals surface area contributed by atoms with Gasteiger partial charge in [0.1, 0.15) is 0 Å². The van der Waals surface area contributed by atoms with Gasteiger partial charge in [-0.3, -0.25) is 0 Å². The third-order valence-electron chi connectivity index (χ3n) is 5.47. The molecule has 1 saturated carbocycles. The second kappa shape index (κ2) is 8.72. The van der Waals surface area contributed by atoms with Gasteiger partial charge in [-0.15, -0.1) is 0 Å². The van der Waals surface area contributed by atoms with E-state index in [9.17, 15) is 9.90 Å². The van der Waals surface area contributed by atoms with Crippen molar-refractivity contribution in [2.45, 2.75) is 78.5 Å². The van der Waals surface area contributed by atoms with Crippen molar-refractivity contribution in [3.63, 3.8) is 0 Å². The van der Waals surface area contributed by atoms with Crippen LogP contribution in [0.25, 0.3) is 0 Å². The predicted molar refractivity (Wildman–Crippen MR) is 105 cm³/mol. The summed E-state index contributed by atoms with van der Waals surface area (Å²) < 4.78 is 5.56. The fourth-order valence-electron chi connectivity index (χ4n) is 3.96. The molecule has 1 aliphatic carbocycles. The highest BCUT2D eigenvalue weighted by molar-refractivity contribution is 5.69. The van der Waals surface area contributed by atoms with Gasteiger partial charge in [-0.05, 0) is 58.1 Å². The van der Waals surface area contributed by atoms with Gasteiger partial charge in [0, 0.05) is 17.5 Å². The van der Waals surface area contributed by atoms with E-state index in [0.29, 0.717) is 0 Å². The number of carbonyl (C=O) groups excluding carboxylic acids is 1. The molecule has 1 aromatic rings. The van der Waals surface area contributed by atoms with Crippen LogP contribution in [0.4, 0.5) is 4.79 Å². The number of hydrogen-bond donors (Lipinski definition) is 1. The van der Waals surface area contributed by atoms with Crippen molar-refractivity contribution in [1.29, 1.82) is 0 Å². The minimum atomic E-state index is -0.611. The molecule has 0 unspecified atom stereocenters. The van der Waals surface area contributed by atoms with Crippen LogP contribution in [0.3, 0.4) is 0 Å². The average molecular weight is 360 g/mol. The van der Waals surface area contributed by atoms with Gasteiger partial charge in [0.25, 0.3) is 0 Å². The highest BCUT2D eigenvalue weighted by Crippen LogP contribution is 2.49. The van der Waals surface area contributed by atoms with Crippen LogP contribution in [0.2, 0.25) is 0 Å². The molecule has 1 N–H and O–H groups in total. The molecule has 1 aliphatic rings. The van der Waals surface area contributed by atoms with Crippen LogP contribution in [0.5, 0.6) is 0 Å². The number of aliphatic hydroxyl groups excluding tert-OH is 1. The first kappa shape index (κ1) is 20.5. The van der Waals surface area contributed by atoms with E-state index < -0.39 is 11.5 Å². The van der Waals surface area contributed by atoms with Gasteiger partial charge >= 0.3 is 6.09 Å². The Labute approximate surface area is 157 Å². The lowest BCUT2D eigenvalue weighted by Crippen LogP contribution is -2.42. The van der Waals surface area contributed by atoms with E-state index >= 15 is 0 Å². The number of aliphatic hydroxyl groups is 1. The maximum Gasteiger partial charge on any atom is 0.415 e. The molecule has 0 aromatic heterocycles. The van der Waals surface area contributed by atoms with E-state index in [1.165, 1.54) is 0 Å². The summed E-state index contributed by atoms with van der Waals surface area (Å²) in [6.07, 6.45) is 4.51. The molecule has 0 bridgehead atoms. The maximum atomic E-state index is 12.5. The van der Waals surface area contributed by atoms with Crippen molar-refractivity contribution in [2.24, 2.45) is 5.41 Å². The molecule has 0 saturated heterocycles. The summed E-state index contributed by atoms with van der Waals surface area (Å²) in [6, 6.07) is 9.89. The summed E-state index contributed by atoms with van der Waals surface area (Å²) in [5, 5.41) is 11.0. The summed E-state index contributed by atoms with van der Waals surface area (Å²) in [7, 11) is 0. The SMILES string of the molecule is CC(C)N(C(=O)O/C=C1\CCCC[C@]1(C)[C@H](O)c1ccccc1)C(C)C. The Bertz CT molecular complexity index is 616. The number of ether oxygens (including phenoxy) is 1. The first-order chi connectivity index (χ1) is 12.3. The van der Waals surface area contributed by atoms with Crippen molar-refractivity contribution in [3.05, 3.63) is 47.7 Å². The van der Waals surface area contributed by atoms with Crippen molar-refractivity contribution in [3.8, 4) is 0 Å². The van der Waals surface area contributed by atoms with Crippen molar-refractivity contribution in [2.75, 3.05) is 0 Å². The molecule has 144 valence electrons. The Morgan fingerprint density at radius 1 is 1.15 bits per heavy atom. The molecule has 0 spiro atoms. The number of carbonyl (C=O) groups is 1. The fourth-order valence-corrected chi connectivity index (χ4v) is 3.96. The number of amides is 1. The zero-order chi connectivity index (χ0) is 19.3. The van der Waals surface area contributed by atoms with Gasteiger partial charge in [0.2, 0.25) is 0 Å². The third-order valence-corrected chi connectivity index (χ3v) is 5.47. The summed E-state index contributed by atoms with van der Waals surface area (Å²) in [4.78, 5) is 14.2. The molecule has 1 aromatic carbocycles. The van der Waals surface area contributed by atoms with Crippen molar-refractivity contribution in [1.82, 2.24) is 4.90 Å². The van der Waals surface area contributed by atoms with Gasteiger partial charge in [-0.25, -0.2) is 4.79 Å². The monoisotopic (exact) mass is 359 g/mol. The fraction of sp³-hybridized carbons (Fsp3) is 0.591. The van der Waals surface area contributed by atoms with Crippen LogP contribution in [-0.2, 0) is 4.74 Å². The largest absolute Gasteiger partial charge is 0.418 e. The van der Waals surface area contributed by atoms with E-state index in [-0.39, 0.29) is 18.2 Å². The molecule has 0 radical (unpaired) electrons. The lowest BCUT2D eigenvalue weighted by atomic mass is 9.67. The van der Waals surface area contributed by atoms with Gasteiger partial charge in [0.15, 0.2) is 0 Å². The summed E-state index contributed by atoms with van der Waals surface area (Å²) in [5.74, 6) is 0. The second-order valence-corrected chi connectivity index (χ2v) is 8.06. The number of nitrogens with zero attached hydrogens (tertiary/aromatic N) is 1. The molecular formula is C22H33NO3. The first-order valence-electron chi connectivity index (χ1n) is 9.69. The molecule has 2 atom stereocenters. The molecule has 2 rings (SSSR count). The van der Waals surface area contributed by atoms with Crippen LogP contribution in [0.15, 0.2) is 42.2 Å². The topological polar surface area (TPSA) is 49.8 Å². The lowest BCUT2D eigenvalue weighted by molar-refractivity contribution is 0.0402. The van der Waals surface area contributed by atoms with Gasteiger partial charge in [0.05, 0.1) is 12.4 Å². The van der Waals surface area contributed by atoms with Crippen LogP contribution >= 0.6 is 0 Å². The van der Waals surface area contributed by atoms with Crippen LogP contribution in [0.1, 0.15) is 72.0 Å². The van der Waals surface area contributed by atoms with E-state index in [1.54, 1.807) is 11.2 Å². The normalized spacial score (nSPS) is 23.3. The molecule has 1 fully saturated rings. The molecule has 1 amide bonds. The van der Waals surface area contributed by atoms with E-state index in [2.05, 4.69) is 6.92 Å². The molecule has 26 heavy (non-hydrogen) atoms. The number of hydrogen-bond acceptors (Lipinski definition) is 3. The predicted octanol–water partition coefficient (Wildman–Crippen LogP) is 5.44. The Morgan fingerprint density at radius 3 is 2.35 bits per heavy atom. The molecular weight excluding hydrogens is 326 g/mol. The standard InChI is InChI=1S/C22H33NO3/c1-16(2)23(17(3)4)21(25)26-15-19-13-9-10-14-22(19,5)20(24)18-11-7-6-8-12-18/h6-8,11-12,15-17,20,24H,9-10,13-14H2,1-5H3/b19-15+/t20-,22+/m1/s1.